The molecule has 0 saturated heterocycles. The maximum absolute atomic E-state index is 7.86. The van der Waals surface area contributed by atoms with Gasteiger partial charge in [0, 0.05) is 18.5 Å². The summed E-state index contributed by atoms with van der Waals surface area (Å²) in [7, 11) is 0. The van der Waals surface area contributed by atoms with E-state index < -0.39 is 0 Å². The van der Waals surface area contributed by atoms with Gasteiger partial charge in [-0.1, -0.05) is 0 Å². The monoisotopic (exact) mass is 380 g/mol. The summed E-state index contributed by atoms with van der Waals surface area (Å²) in [5.41, 5.74) is 3.53. The summed E-state index contributed by atoms with van der Waals surface area (Å²) in [5.74, 6) is 1.22. The zero-order valence-electron chi connectivity index (χ0n) is 16.2. The first-order valence-corrected chi connectivity index (χ1v) is 9.10. The molecule has 0 bridgehead atoms. The van der Waals surface area contributed by atoms with Crippen molar-refractivity contribution >= 4 is 17.6 Å². The van der Waals surface area contributed by atoms with Crippen LogP contribution >= 0.6 is 0 Å². The standard InChI is InChI=1S/C19H24N8O/c1-4-28-19-13(6-5-7-21-19)14-8-15(22-10-17-23-11-24-27-17)18(25-12(2)3)16(9-20)26-14/h5-9,11-12,20,25H,4,10H2,1-3H3,(H,22,26)(H,23,24,27). The summed E-state index contributed by atoms with van der Waals surface area (Å²) >= 11 is 0. The molecule has 0 aliphatic heterocycles. The number of aromatic nitrogens is 5. The lowest BCUT2D eigenvalue weighted by Gasteiger charge is -2.19. The molecule has 0 aliphatic rings. The maximum atomic E-state index is 7.86. The zero-order chi connectivity index (χ0) is 19.9. The molecule has 3 aromatic heterocycles. The summed E-state index contributed by atoms with van der Waals surface area (Å²) in [4.78, 5) is 13.1. The fourth-order valence-corrected chi connectivity index (χ4v) is 2.72. The first-order valence-electron chi connectivity index (χ1n) is 9.10. The zero-order valence-corrected chi connectivity index (χ0v) is 16.2. The number of nitrogens with zero attached hydrogens (tertiary/aromatic N) is 4. The van der Waals surface area contributed by atoms with E-state index in [9.17, 15) is 0 Å². The Bertz CT molecular complexity index is 924. The summed E-state index contributed by atoms with van der Waals surface area (Å²) in [5, 5.41) is 21.3. The highest BCUT2D eigenvalue weighted by Gasteiger charge is 2.16. The van der Waals surface area contributed by atoms with Crippen molar-refractivity contribution < 1.29 is 4.74 Å². The average molecular weight is 380 g/mol. The molecule has 4 N–H and O–H groups in total. The molecule has 28 heavy (non-hydrogen) atoms. The maximum Gasteiger partial charge on any atom is 0.222 e. The van der Waals surface area contributed by atoms with Crippen LogP contribution in [0, 0.1) is 5.41 Å². The number of H-pyrrole nitrogens is 1. The quantitative estimate of drug-likeness (QED) is 0.420. The van der Waals surface area contributed by atoms with Gasteiger partial charge < -0.3 is 20.8 Å². The van der Waals surface area contributed by atoms with Crippen LogP contribution in [-0.4, -0.2) is 44.0 Å². The van der Waals surface area contributed by atoms with Gasteiger partial charge in [0.05, 0.1) is 35.8 Å². The largest absolute Gasteiger partial charge is 0.477 e. The van der Waals surface area contributed by atoms with Gasteiger partial charge in [-0.3, -0.25) is 5.10 Å². The topological polar surface area (TPSA) is 124 Å². The van der Waals surface area contributed by atoms with E-state index >= 15 is 0 Å². The molecule has 0 unspecified atom stereocenters. The number of hydrogen-bond acceptors (Lipinski definition) is 8. The fraction of sp³-hybridized carbons (Fsp3) is 0.316. The third-order valence-electron chi connectivity index (χ3n) is 3.86. The summed E-state index contributed by atoms with van der Waals surface area (Å²) < 4.78 is 5.65. The van der Waals surface area contributed by atoms with Gasteiger partial charge in [0.2, 0.25) is 5.88 Å². The SMILES string of the molecule is CCOc1ncccc1-c1cc(NCc2ncn[nH]2)c(NC(C)C)c(C=N)n1. The average Bonchev–Trinajstić information content (AvgIpc) is 3.21. The lowest BCUT2D eigenvalue weighted by Crippen LogP contribution is -2.15. The minimum Gasteiger partial charge on any atom is -0.477 e. The molecule has 0 amide bonds. The van der Waals surface area contributed by atoms with E-state index in [0.29, 0.717) is 36.2 Å². The van der Waals surface area contributed by atoms with Crippen LogP contribution in [0.3, 0.4) is 0 Å². The number of ether oxygens (including phenoxy) is 1. The molecule has 0 fully saturated rings. The molecule has 3 rings (SSSR count). The fourth-order valence-electron chi connectivity index (χ4n) is 2.72. The van der Waals surface area contributed by atoms with Crippen LogP contribution in [0.25, 0.3) is 11.3 Å². The first kappa shape index (κ1) is 19.3. The molecule has 0 aliphatic carbocycles. The predicted molar refractivity (Wildman–Crippen MR) is 109 cm³/mol. The van der Waals surface area contributed by atoms with E-state index in [1.54, 1.807) is 6.20 Å². The van der Waals surface area contributed by atoms with Crippen molar-refractivity contribution in [2.75, 3.05) is 17.2 Å². The molecule has 3 aromatic rings. The van der Waals surface area contributed by atoms with E-state index in [0.717, 1.165) is 16.9 Å². The molecule has 9 nitrogen and oxygen atoms in total. The number of anilines is 2. The Hall–Kier alpha value is -3.49. The van der Waals surface area contributed by atoms with Gasteiger partial charge in [-0.15, -0.1) is 0 Å². The third kappa shape index (κ3) is 4.43. The normalized spacial score (nSPS) is 10.7. The van der Waals surface area contributed by atoms with Crippen molar-refractivity contribution in [2.24, 2.45) is 0 Å². The van der Waals surface area contributed by atoms with E-state index in [2.05, 4.69) is 35.8 Å². The number of pyridine rings is 2. The van der Waals surface area contributed by atoms with Crippen molar-refractivity contribution in [3.63, 3.8) is 0 Å². The van der Waals surface area contributed by atoms with Crippen molar-refractivity contribution in [1.82, 2.24) is 25.1 Å². The van der Waals surface area contributed by atoms with Crippen molar-refractivity contribution in [1.29, 1.82) is 5.41 Å². The molecular formula is C19H24N8O. The van der Waals surface area contributed by atoms with Crippen molar-refractivity contribution in [3.05, 3.63) is 42.2 Å². The van der Waals surface area contributed by atoms with E-state index in [4.69, 9.17) is 10.1 Å². The number of hydrogen-bond donors (Lipinski definition) is 4. The number of aromatic amines is 1. The summed E-state index contributed by atoms with van der Waals surface area (Å²) in [6.45, 7) is 6.95. The van der Waals surface area contributed by atoms with Crippen LogP contribution in [0.4, 0.5) is 11.4 Å². The van der Waals surface area contributed by atoms with Gasteiger partial charge >= 0.3 is 0 Å². The Morgan fingerprint density at radius 3 is 2.86 bits per heavy atom. The minimum atomic E-state index is 0.176. The lowest BCUT2D eigenvalue weighted by molar-refractivity contribution is 0.328. The van der Waals surface area contributed by atoms with E-state index in [-0.39, 0.29) is 6.04 Å². The van der Waals surface area contributed by atoms with E-state index in [1.165, 1.54) is 12.5 Å². The van der Waals surface area contributed by atoms with E-state index in [1.807, 2.05) is 39.0 Å². The minimum absolute atomic E-state index is 0.176. The van der Waals surface area contributed by atoms with Crippen LogP contribution in [0.15, 0.2) is 30.7 Å². The highest BCUT2D eigenvalue weighted by molar-refractivity contribution is 5.91. The van der Waals surface area contributed by atoms with Crippen LogP contribution in [0.2, 0.25) is 0 Å². The second-order valence-corrected chi connectivity index (χ2v) is 6.33. The number of rotatable bonds is 9. The lowest BCUT2D eigenvalue weighted by atomic mass is 10.1. The van der Waals surface area contributed by atoms with Crippen LogP contribution in [0.5, 0.6) is 5.88 Å². The smallest absolute Gasteiger partial charge is 0.222 e. The van der Waals surface area contributed by atoms with Gasteiger partial charge in [-0.05, 0) is 39.0 Å². The van der Waals surface area contributed by atoms with Gasteiger partial charge in [0.25, 0.3) is 0 Å². The predicted octanol–water partition coefficient (Wildman–Crippen LogP) is 3.09. The van der Waals surface area contributed by atoms with Gasteiger partial charge in [-0.25, -0.2) is 15.0 Å². The summed E-state index contributed by atoms with van der Waals surface area (Å²) in [6.07, 6.45) is 4.39. The molecule has 0 radical (unpaired) electrons. The van der Waals surface area contributed by atoms with Gasteiger partial charge in [0.15, 0.2) is 0 Å². The van der Waals surface area contributed by atoms with Crippen LogP contribution < -0.4 is 15.4 Å². The van der Waals surface area contributed by atoms with Crippen molar-refractivity contribution in [2.45, 2.75) is 33.4 Å². The van der Waals surface area contributed by atoms with Crippen LogP contribution in [0.1, 0.15) is 32.3 Å². The highest BCUT2D eigenvalue weighted by atomic mass is 16.5. The Morgan fingerprint density at radius 1 is 1.32 bits per heavy atom. The summed E-state index contributed by atoms with van der Waals surface area (Å²) in [6, 6.07) is 5.85. The molecule has 9 heteroatoms. The van der Waals surface area contributed by atoms with Gasteiger partial charge in [-0.2, -0.15) is 5.10 Å². The second-order valence-electron chi connectivity index (χ2n) is 6.33. The Kier molecular flexibility index (Phi) is 6.15. The molecule has 0 saturated carbocycles. The molecule has 0 spiro atoms. The molecular weight excluding hydrogens is 356 g/mol. The molecule has 146 valence electrons. The molecule has 0 aromatic carbocycles. The first-order chi connectivity index (χ1) is 13.6. The van der Waals surface area contributed by atoms with Gasteiger partial charge in [0.1, 0.15) is 17.8 Å². The number of nitrogens with one attached hydrogen (secondary N) is 4. The molecule has 3 heterocycles. The Balaban J connectivity index is 2.06. The third-order valence-corrected chi connectivity index (χ3v) is 3.86. The Labute approximate surface area is 163 Å². The molecule has 0 atom stereocenters. The Morgan fingerprint density at radius 2 is 2.18 bits per heavy atom. The second kappa shape index (κ2) is 8.94. The van der Waals surface area contributed by atoms with Crippen LogP contribution in [-0.2, 0) is 6.54 Å². The van der Waals surface area contributed by atoms with Crippen molar-refractivity contribution in [3.8, 4) is 17.1 Å². The highest BCUT2D eigenvalue weighted by Crippen LogP contribution is 2.33.